The van der Waals surface area contributed by atoms with Crippen molar-refractivity contribution in [2.45, 2.75) is 12.8 Å². The van der Waals surface area contributed by atoms with Crippen LogP contribution in [0.15, 0.2) is 48.7 Å². The molecule has 0 spiro atoms. The quantitative estimate of drug-likeness (QED) is 0.370. The monoisotopic (exact) mass is 390 g/mol. The Balaban J connectivity index is 1.88. The van der Waals surface area contributed by atoms with E-state index >= 15 is 0 Å². The summed E-state index contributed by atoms with van der Waals surface area (Å²) >= 11 is 0. The molecule has 0 unspecified atom stereocenters. The summed E-state index contributed by atoms with van der Waals surface area (Å²) in [4.78, 5) is 16.9. The predicted molar refractivity (Wildman–Crippen MR) is 98.2 cm³/mol. The Hall–Kier alpha value is -2.71. The molecule has 3 aromatic rings. The van der Waals surface area contributed by atoms with Crippen molar-refractivity contribution in [2.75, 3.05) is 6.54 Å². The Labute approximate surface area is 156 Å². The Bertz CT molecular complexity index is 1080. The van der Waals surface area contributed by atoms with E-state index in [1.807, 2.05) is 0 Å². The Morgan fingerprint density at radius 1 is 1.11 bits per heavy atom. The molecule has 0 atom stereocenters. The van der Waals surface area contributed by atoms with E-state index in [4.69, 9.17) is 0 Å². The number of aromatic nitrogens is 1. The summed E-state index contributed by atoms with van der Waals surface area (Å²) in [5.74, 6) is -2.93. The van der Waals surface area contributed by atoms with Gasteiger partial charge in [0.1, 0.15) is 0 Å². The average molecular weight is 390 g/mol. The predicted octanol–water partition coefficient (Wildman–Crippen LogP) is 2.79. The second-order valence-corrected chi connectivity index (χ2v) is 6.78. The average Bonchev–Trinajstić information content (AvgIpc) is 2.66. The van der Waals surface area contributed by atoms with Crippen LogP contribution in [0.2, 0.25) is 0 Å². The summed E-state index contributed by atoms with van der Waals surface area (Å²) in [6.45, 7) is 0.179. The van der Waals surface area contributed by atoms with E-state index in [2.05, 4.69) is 9.71 Å². The molecule has 0 amide bonds. The van der Waals surface area contributed by atoms with Crippen LogP contribution in [0.1, 0.15) is 27.9 Å². The number of ketones is 1. The molecule has 0 aliphatic rings. The molecule has 1 heterocycles. The standard InChI is InChI=1S/C19H16F2N2O3S/c20-16-10-12(3-1-8-23-27(25)26)9-15(18(16)21)19(24)14-5-6-17-13(11-14)4-2-7-22-17/h2,4-7,9-11,27H,1,3,8H2,(H,23,25,26). The SMILES string of the molecule is O=C(c1ccc2ncccc2c1)c1cc(CCCN[SH](=O)=O)cc(F)c1F. The van der Waals surface area contributed by atoms with Gasteiger partial charge in [-0.2, -0.15) is 0 Å². The lowest BCUT2D eigenvalue weighted by Crippen LogP contribution is -2.13. The molecule has 2 aromatic carbocycles. The second-order valence-electron chi connectivity index (χ2n) is 5.95. The highest BCUT2D eigenvalue weighted by molar-refractivity contribution is 7.70. The molecular weight excluding hydrogens is 374 g/mol. The van der Waals surface area contributed by atoms with Crippen molar-refractivity contribution in [3.8, 4) is 0 Å². The maximum absolute atomic E-state index is 14.2. The fraction of sp³-hybridized carbons (Fsp3) is 0.158. The maximum Gasteiger partial charge on any atom is 0.201 e. The van der Waals surface area contributed by atoms with Crippen LogP contribution in [-0.4, -0.2) is 25.7 Å². The number of fused-ring (bicyclic) bond motifs is 1. The van der Waals surface area contributed by atoms with Crippen molar-refractivity contribution in [1.82, 2.24) is 9.71 Å². The van der Waals surface area contributed by atoms with Gasteiger partial charge in [-0.15, -0.1) is 0 Å². The van der Waals surface area contributed by atoms with Crippen LogP contribution in [0, 0.1) is 11.6 Å². The number of pyridine rings is 1. The fourth-order valence-corrected chi connectivity index (χ4v) is 3.13. The Kier molecular flexibility index (Phi) is 5.88. The highest BCUT2D eigenvalue weighted by Gasteiger charge is 2.19. The van der Waals surface area contributed by atoms with Crippen LogP contribution in [0.3, 0.4) is 0 Å². The van der Waals surface area contributed by atoms with Gasteiger partial charge in [0.25, 0.3) is 0 Å². The molecule has 8 heteroatoms. The third kappa shape index (κ3) is 4.53. The van der Waals surface area contributed by atoms with Crippen molar-refractivity contribution in [1.29, 1.82) is 0 Å². The van der Waals surface area contributed by atoms with Gasteiger partial charge in [-0.25, -0.2) is 21.9 Å². The van der Waals surface area contributed by atoms with Gasteiger partial charge in [-0.3, -0.25) is 9.78 Å². The van der Waals surface area contributed by atoms with E-state index in [-0.39, 0.29) is 17.7 Å². The highest BCUT2D eigenvalue weighted by atomic mass is 32.2. The molecule has 0 aliphatic carbocycles. The summed E-state index contributed by atoms with van der Waals surface area (Å²) in [6.07, 6.45) is 2.32. The summed E-state index contributed by atoms with van der Waals surface area (Å²) < 4.78 is 51.4. The number of nitrogens with zero attached hydrogens (tertiary/aromatic N) is 1. The summed E-state index contributed by atoms with van der Waals surface area (Å²) in [6, 6.07) is 10.6. The van der Waals surface area contributed by atoms with Crippen molar-refractivity contribution in [2.24, 2.45) is 0 Å². The number of nitrogens with one attached hydrogen (secondary N) is 1. The number of benzene rings is 2. The molecule has 0 fully saturated rings. The lowest BCUT2D eigenvalue weighted by atomic mass is 9.97. The van der Waals surface area contributed by atoms with Gasteiger partial charge in [0, 0.05) is 23.7 Å². The lowest BCUT2D eigenvalue weighted by Gasteiger charge is -2.08. The van der Waals surface area contributed by atoms with Gasteiger partial charge >= 0.3 is 0 Å². The van der Waals surface area contributed by atoms with Gasteiger partial charge in [-0.05, 0) is 54.8 Å². The molecule has 0 bridgehead atoms. The van der Waals surface area contributed by atoms with Gasteiger partial charge in [-0.1, -0.05) is 6.07 Å². The first-order valence-electron chi connectivity index (χ1n) is 8.21. The van der Waals surface area contributed by atoms with Crippen molar-refractivity contribution >= 4 is 27.6 Å². The molecule has 1 aromatic heterocycles. The molecule has 0 saturated heterocycles. The lowest BCUT2D eigenvalue weighted by molar-refractivity contribution is 0.103. The van der Waals surface area contributed by atoms with Crippen LogP contribution < -0.4 is 4.72 Å². The van der Waals surface area contributed by atoms with Crippen molar-refractivity contribution < 1.29 is 22.0 Å². The highest BCUT2D eigenvalue weighted by Crippen LogP contribution is 2.22. The van der Waals surface area contributed by atoms with Crippen LogP contribution in [0.5, 0.6) is 0 Å². The van der Waals surface area contributed by atoms with Crippen LogP contribution in [-0.2, 0) is 17.3 Å². The van der Waals surface area contributed by atoms with Crippen molar-refractivity contribution in [3.05, 3.63) is 77.0 Å². The number of rotatable bonds is 7. The Morgan fingerprint density at radius 3 is 2.70 bits per heavy atom. The summed E-state index contributed by atoms with van der Waals surface area (Å²) in [7, 11) is -2.70. The number of aryl methyl sites for hydroxylation is 1. The first-order chi connectivity index (χ1) is 13.0. The normalized spacial score (nSPS) is 11.2. The van der Waals surface area contributed by atoms with E-state index in [1.165, 1.54) is 12.1 Å². The number of halogens is 2. The molecule has 0 aliphatic heterocycles. The molecule has 27 heavy (non-hydrogen) atoms. The molecule has 0 saturated carbocycles. The van der Waals surface area contributed by atoms with Crippen molar-refractivity contribution in [3.63, 3.8) is 0 Å². The molecule has 5 nitrogen and oxygen atoms in total. The zero-order chi connectivity index (χ0) is 19.4. The fourth-order valence-electron chi connectivity index (χ4n) is 2.79. The third-order valence-corrected chi connectivity index (χ3v) is 4.56. The van der Waals surface area contributed by atoms with E-state index in [9.17, 15) is 22.0 Å². The first-order valence-corrected chi connectivity index (χ1v) is 9.39. The van der Waals surface area contributed by atoms with Crippen LogP contribution >= 0.6 is 0 Å². The smallest absolute Gasteiger partial charge is 0.201 e. The summed E-state index contributed by atoms with van der Waals surface area (Å²) in [5.41, 5.74) is 0.994. The summed E-state index contributed by atoms with van der Waals surface area (Å²) in [5, 5.41) is 0.721. The number of thiol groups is 1. The topological polar surface area (TPSA) is 76.1 Å². The minimum Gasteiger partial charge on any atom is -0.288 e. The zero-order valence-electron chi connectivity index (χ0n) is 14.1. The van der Waals surface area contributed by atoms with E-state index in [0.717, 1.165) is 11.5 Å². The maximum atomic E-state index is 14.2. The minimum atomic E-state index is -2.70. The van der Waals surface area contributed by atoms with E-state index in [1.54, 1.807) is 30.5 Å². The number of carbonyl (C=O) groups excluding carboxylic acids is 1. The van der Waals surface area contributed by atoms with Gasteiger partial charge in [0.05, 0.1) is 11.1 Å². The largest absolute Gasteiger partial charge is 0.288 e. The van der Waals surface area contributed by atoms with E-state index in [0.29, 0.717) is 23.9 Å². The van der Waals surface area contributed by atoms with Crippen LogP contribution in [0.25, 0.3) is 10.9 Å². The second kappa shape index (κ2) is 8.32. The zero-order valence-corrected chi connectivity index (χ0v) is 15.0. The number of hydrogen-bond acceptors (Lipinski definition) is 4. The van der Waals surface area contributed by atoms with Gasteiger partial charge < -0.3 is 0 Å². The minimum absolute atomic E-state index is 0.179. The molecule has 1 N–H and O–H groups in total. The molecule has 0 radical (unpaired) electrons. The third-order valence-electron chi connectivity index (χ3n) is 4.08. The van der Waals surface area contributed by atoms with Gasteiger partial charge in [0.2, 0.25) is 10.9 Å². The Morgan fingerprint density at radius 2 is 1.93 bits per heavy atom. The van der Waals surface area contributed by atoms with Gasteiger partial charge in [0.15, 0.2) is 17.4 Å². The number of carbonyl (C=O) groups is 1. The molecule has 3 rings (SSSR count). The first kappa shape index (κ1) is 19.1. The van der Waals surface area contributed by atoms with E-state index < -0.39 is 28.3 Å². The number of hydrogen-bond donors (Lipinski definition) is 2. The van der Waals surface area contributed by atoms with Crippen LogP contribution in [0.4, 0.5) is 8.78 Å². The molecular formula is C19H16F2N2O3S. The molecule has 140 valence electrons.